The fourth-order valence-electron chi connectivity index (χ4n) is 2.35. The van der Waals surface area contributed by atoms with E-state index < -0.39 is 0 Å². The van der Waals surface area contributed by atoms with Crippen molar-refractivity contribution in [1.29, 1.82) is 0 Å². The number of unbranched alkanes of at least 4 members (excludes halogenated alkanes) is 8. The first-order valence-electron chi connectivity index (χ1n) is 7.64. The van der Waals surface area contributed by atoms with E-state index in [4.69, 9.17) is 0 Å². The van der Waals surface area contributed by atoms with Gasteiger partial charge in [-0.2, -0.15) is 5.06 Å². The van der Waals surface area contributed by atoms with Gasteiger partial charge in [0.2, 0.25) is 0 Å². The molecule has 0 amide bonds. The molecule has 0 aliphatic carbocycles. The molecule has 0 fully saturated rings. The fraction of sp³-hybridized carbons (Fsp3) is 1.00. The molecule has 104 valence electrons. The zero-order valence-corrected chi connectivity index (χ0v) is 12.2. The van der Waals surface area contributed by atoms with Crippen molar-refractivity contribution >= 4 is 0 Å². The van der Waals surface area contributed by atoms with Gasteiger partial charge in [-0.3, -0.25) is 0 Å². The molecule has 1 atom stereocenters. The molecular formula is C15H33NO. The van der Waals surface area contributed by atoms with E-state index in [0.29, 0.717) is 6.04 Å². The molecule has 0 aromatic carbocycles. The van der Waals surface area contributed by atoms with Crippen LogP contribution >= 0.6 is 0 Å². The minimum Gasteiger partial charge on any atom is -0.314 e. The second kappa shape index (κ2) is 12.4. The van der Waals surface area contributed by atoms with Crippen LogP contribution in [0.1, 0.15) is 84.5 Å². The van der Waals surface area contributed by atoms with E-state index in [1.807, 2.05) is 0 Å². The van der Waals surface area contributed by atoms with Crippen molar-refractivity contribution in [2.75, 3.05) is 7.05 Å². The summed E-state index contributed by atoms with van der Waals surface area (Å²) in [4.78, 5) is 0. The number of nitrogens with zero attached hydrogens (tertiary/aromatic N) is 1. The van der Waals surface area contributed by atoms with Crippen molar-refractivity contribution in [3.8, 4) is 0 Å². The van der Waals surface area contributed by atoms with Crippen molar-refractivity contribution in [2.24, 2.45) is 0 Å². The number of rotatable bonds is 12. The van der Waals surface area contributed by atoms with Crippen LogP contribution in [0.3, 0.4) is 0 Å². The van der Waals surface area contributed by atoms with Crippen molar-refractivity contribution in [2.45, 2.75) is 90.5 Å². The third kappa shape index (κ3) is 10.8. The van der Waals surface area contributed by atoms with Crippen molar-refractivity contribution in [3.63, 3.8) is 0 Å². The Bertz CT molecular complexity index is 148. The third-order valence-electron chi connectivity index (χ3n) is 3.64. The van der Waals surface area contributed by atoms with Gasteiger partial charge in [-0.05, 0) is 12.8 Å². The lowest BCUT2D eigenvalue weighted by Gasteiger charge is -2.20. The minimum atomic E-state index is 0.361. The fourth-order valence-corrected chi connectivity index (χ4v) is 2.35. The van der Waals surface area contributed by atoms with Gasteiger partial charge in [0.15, 0.2) is 0 Å². The molecule has 0 saturated heterocycles. The zero-order chi connectivity index (χ0) is 12.9. The Labute approximate surface area is 108 Å². The smallest absolute Gasteiger partial charge is 0.0344 e. The average molecular weight is 243 g/mol. The van der Waals surface area contributed by atoms with Gasteiger partial charge in [-0.25, -0.2) is 0 Å². The van der Waals surface area contributed by atoms with E-state index in [9.17, 15) is 5.21 Å². The summed E-state index contributed by atoms with van der Waals surface area (Å²) in [5.41, 5.74) is 0. The Morgan fingerprint density at radius 3 is 1.71 bits per heavy atom. The van der Waals surface area contributed by atoms with Gasteiger partial charge >= 0.3 is 0 Å². The summed E-state index contributed by atoms with van der Waals surface area (Å²) < 4.78 is 0. The van der Waals surface area contributed by atoms with E-state index in [-0.39, 0.29) is 0 Å². The van der Waals surface area contributed by atoms with E-state index in [2.05, 4.69) is 13.8 Å². The standard InChI is InChI=1S/C15H33NO/c1-4-6-7-8-9-10-11-12-13-14-15(5-2)16(3)17/h15,17H,4-14H2,1-3H3. The maximum atomic E-state index is 9.37. The largest absolute Gasteiger partial charge is 0.314 e. The summed E-state index contributed by atoms with van der Waals surface area (Å²) in [6.07, 6.45) is 14.5. The van der Waals surface area contributed by atoms with E-state index in [1.165, 1.54) is 62.9 Å². The molecular weight excluding hydrogens is 210 g/mol. The van der Waals surface area contributed by atoms with Crippen LogP contribution in [0.4, 0.5) is 0 Å². The minimum absolute atomic E-state index is 0.361. The number of hydrogen-bond acceptors (Lipinski definition) is 2. The van der Waals surface area contributed by atoms with Gasteiger partial charge in [0.25, 0.3) is 0 Å². The van der Waals surface area contributed by atoms with Crippen LogP contribution in [0.5, 0.6) is 0 Å². The van der Waals surface area contributed by atoms with E-state index in [1.54, 1.807) is 7.05 Å². The summed E-state index contributed by atoms with van der Waals surface area (Å²) in [6.45, 7) is 4.41. The molecule has 0 aromatic rings. The Morgan fingerprint density at radius 2 is 1.29 bits per heavy atom. The normalized spacial score (nSPS) is 13.2. The predicted molar refractivity (Wildman–Crippen MR) is 75.5 cm³/mol. The van der Waals surface area contributed by atoms with Gasteiger partial charge in [-0.1, -0.05) is 71.6 Å². The highest BCUT2D eigenvalue weighted by atomic mass is 16.5. The van der Waals surface area contributed by atoms with Gasteiger partial charge in [0.1, 0.15) is 0 Å². The average Bonchev–Trinajstić information content (AvgIpc) is 2.31. The van der Waals surface area contributed by atoms with Crippen LogP contribution in [0.15, 0.2) is 0 Å². The van der Waals surface area contributed by atoms with Crippen LogP contribution in [-0.4, -0.2) is 23.4 Å². The van der Waals surface area contributed by atoms with Crippen LogP contribution in [0.2, 0.25) is 0 Å². The highest BCUT2D eigenvalue weighted by Gasteiger charge is 2.08. The topological polar surface area (TPSA) is 23.5 Å². The SMILES string of the molecule is CCCCCCCCCCCC(CC)N(C)O. The quantitative estimate of drug-likeness (QED) is 0.385. The molecule has 0 radical (unpaired) electrons. The van der Waals surface area contributed by atoms with Crippen molar-refractivity contribution in [3.05, 3.63) is 0 Å². The highest BCUT2D eigenvalue weighted by Crippen LogP contribution is 2.13. The Balaban J connectivity index is 3.17. The predicted octanol–water partition coefficient (Wildman–Crippen LogP) is 5.01. The first-order valence-corrected chi connectivity index (χ1v) is 7.64. The van der Waals surface area contributed by atoms with Gasteiger partial charge in [0.05, 0.1) is 0 Å². The summed E-state index contributed by atoms with van der Waals surface area (Å²) in [5, 5.41) is 10.7. The Morgan fingerprint density at radius 1 is 0.824 bits per heavy atom. The first kappa shape index (κ1) is 16.9. The molecule has 0 saturated carbocycles. The van der Waals surface area contributed by atoms with Crippen LogP contribution in [0, 0.1) is 0 Å². The van der Waals surface area contributed by atoms with Crippen LogP contribution < -0.4 is 0 Å². The molecule has 0 spiro atoms. The molecule has 0 aromatic heterocycles. The van der Waals surface area contributed by atoms with Gasteiger partial charge in [0, 0.05) is 13.1 Å². The molecule has 0 rings (SSSR count). The summed E-state index contributed by atoms with van der Waals surface area (Å²) in [5.74, 6) is 0. The van der Waals surface area contributed by atoms with Crippen LogP contribution in [0.25, 0.3) is 0 Å². The van der Waals surface area contributed by atoms with Gasteiger partial charge < -0.3 is 5.21 Å². The maximum absolute atomic E-state index is 9.37. The summed E-state index contributed by atoms with van der Waals surface area (Å²) in [7, 11) is 1.77. The lowest BCUT2D eigenvalue weighted by Crippen LogP contribution is -2.27. The Kier molecular flexibility index (Phi) is 12.3. The summed E-state index contributed by atoms with van der Waals surface area (Å²) >= 11 is 0. The summed E-state index contributed by atoms with van der Waals surface area (Å²) in [6, 6.07) is 0.361. The van der Waals surface area contributed by atoms with Gasteiger partial charge in [-0.15, -0.1) is 0 Å². The molecule has 17 heavy (non-hydrogen) atoms. The van der Waals surface area contributed by atoms with E-state index >= 15 is 0 Å². The highest BCUT2D eigenvalue weighted by molar-refractivity contribution is 4.60. The Hall–Kier alpha value is -0.0800. The maximum Gasteiger partial charge on any atom is 0.0344 e. The molecule has 1 unspecified atom stereocenters. The molecule has 1 N–H and O–H groups in total. The molecule has 0 bridgehead atoms. The monoisotopic (exact) mass is 243 g/mol. The molecule has 2 nitrogen and oxygen atoms in total. The lowest BCUT2D eigenvalue weighted by molar-refractivity contribution is -0.105. The zero-order valence-electron chi connectivity index (χ0n) is 12.2. The second-order valence-electron chi connectivity index (χ2n) is 5.25. The molecule has 0 heterocycles. The van der Waals surface area contributed by atoms with E-state index in [0.717, 1.165) is 12.8 Å². The molecule has 2 heteroatoms. The molecule has 0 aliphatic heterocycles. The third-order valence-corrected chi connectivity index (χ3v) is 3.64. The number of hydrogen-bond donors (Lipinski definition) is 1. The second-order valence-corrected chi connectivity index (χ2v) is 5.25. The number of hydroxylamine groups is 2. The van der Waals surface area contributed by atoms with Crippen molar-refractivity contribution < 1.29 is 5.21 Å². The molecule has 0 aliphatic rings. The van der Waals surface area contributed by atoms with Crippen LogP contribution in [-0.2, 0) is 0 Å². The van der Waals surface area contributed by atoms with Crippen molar-refractivity contribution in [1.82, 2.24) is 5.06 Å². The first-order chi connectivity index (χ1) is 8.22. The lowest BCUT2D eigenvalue weighted by atomic mass is 10.0.